The molecule has 1 unspecified atom stereocenters. The van der Waals surface area contributed by atoms with Crippen molar-refractivity contribution < 1.29 is 13.2 Å². The van der Waals surface area contributed by atoms with Crippen LogP contribution in [-0.2, 0) is 27.9 Å². The van der Waals surface area contributed by atoms with E-state index in [1.807, 2.05) is 17.7 Å². The number of amides is 1. The van der Waals surface area contributed by atoms with Gasteiger partial charge in [-0.25, -0.2) is 13.1 Å². The largest absolute Gasteiger partial charge is 0.332 e. The summed E-state index contributed by atoms with van der Waals surface area (Å²) in [5.41, 5.74) is 0.980. The minimum Gasteiger partial charge on any atom is -0.332 e. The van der Waals surface area contributed by atoms with Gasteiger partial charge in [-0.3, -0.25) is 9.48 Å². The molecule has 1 N–H and O–H groups in total. The SMILES string of the molecule is CCC(=O)N1Cc2ccnn2CCC1CNS(C)(=O)=O. The van der Waals surface area contributed by atoms with Crippen LogP contribution in [0.25, 0.3) is 0 Å². The number of nitrogens with zero attached hydrogens (tertiary/aromatic N) is 3. The molecule has 0 saturated carbocycles. The molecule has 112 valence electrons. The Morgan fingerprint density at radius 2 is 2.30 bits per heavy atom. The Labute approximate surface area is 119 Å². The van der Waals surface area contributed by atoms with E-state index in [9.17, 15) is 13.2 Å². The molecule has 2 heterocycles. The van der Waals surface area contributed by atoms with Crippen molar-refractivity contribution in [1.29, 1.82) is 0 Å². The van der Waals surface area contributed by atoms with E-state index in [-0.39, 0.29) is 18.5 Å². The minimum absolute atomic E-state index is 0.0277. The summed E-state index contributed by atoms with van der Waals surface area (Å²) < 4.78 is 26.9. The molecule has 1 aliphatic rings. The maximum atomic E-state index is 12.1. The number of aryl methyl sites for hydroxylation is 1. The third kappa shape index (κ3) is 3.57. The van der Waals surface area contributed by atoms with Gasteiger partial charge in [-0.1, -0.05) is 6.92 Å². The van der Waals surface area contributed by atoms with Gasteiger partial charge in [0.2, 0.25) is 15.9 Å². The molecule has 0 radical (unpaired) electrons. The monoisotopic (exact) mass is 300 g/mol. The smallest absolute Gasteiger partial charge is 0.222 e. The van der Waals surface area contributed by atoms with Gasteiger partial charge in [0, 0.05) is 31.7 Å². The van der Waals surface area contributed by atoms with Gasteiger partial charge in [-0.05, 0) is 12.5 Å². The van der Waals surface area contributed by atoms with Crippen LogP contribution in [0.3, 0.4) is 0 Å². The van der Waals surface area contributed by atoms with Gasteiger partial charge in [0.05, 0.1) is 18.5 Å². The molecular weight excluding hydrogens is 280 g/mol. The van der Waals surface area contributed by atoms with Crippen LogP contribution in [-0.4, -0.2) is 47.8 Å². The van der Waals surface area contributed by atoms with Crippen molar-refractivity contribution in [2.75, 3.05) is 12.8 Å². The predicted molar refractivity (Wildman–Crippen MR) is 74.3 cm³/mol. The third-order valence-electron chi connectivity index (χ3n) is 3.46. The summed E-state index contributed by atoms with van der Waals surface area (Å²) >= 11 is 0. The van der Waals surface area contributed by atoms with Crippen molar-refractivity contribution in [1.82, 2.24) is 19.4 Å². The van der Waals surface area contributed by atoms with Gasteiger partial charge < -0.3 is 4.90 Å². The summed E-state index contributed by atoms with van der Waals surface area (Å²) in [6, 6.07) is 1.75. The number of fused-ring (bicyclic) bond motifs is 1. The molecule has 0 bridgehead atoms. The summed E-state index contributed by atoms with van der Waals surface area (Å²) in [7, 11) is -3.26. The second kappa shape index (κ2) is 5.92. The molecule has 8 heteroatoms. The number of carbonyl (C=O) groups excluding carboxylic acids is 1. The van der Waals surface area contributed by atoms with E-state index < -0.39 is 10.0 Å². The Morgan fingerprint density at radius 3 is 2.95 bits per heavy atom. The summed E-state index contributed by atoms with van der Waals surface area (Å²) in [6.45, 7) is 3.22. The van der Waals surface area contributed by atoms with E-state index in [4.69, 9.17) is 0 Å². The maximum Gasteiger partial charge on any atom is 0.222 e. The normalized spacial score (nSPS) is 19.5. The van der Waals surface area contributed by atoms with Gasteiger partial charge in [-0.2, -0.15) is 5.10 Å². The number of carbonyl (C=O) groups is 1. The lowest BCUT2D eigenvalue weighted by Gasteiger charge is -2.29. The van der Waals surface area contributed by atoms with Crippen molar-refractivity contribution in [2.45, 2.75) is 38.9 Å². The second-order valence-corrected chi connectivity index (χ2v) is 6.82. The van der Waals surface area contributed by atoms with E-state index in [1.165, 1.54) is 0 Å². The molecule has 1 amide bonds. The van der Waals surface area contributed by atoms with Crippen LogP contribution in [0.4, 0.5) is 0 Å². The zero-order chi connectivity index (χ0) is 14.8. The molecule has 0 fully saturated rings. The lowest BCUT2D eigenvalue weighted by molar-refractivity contribution is -0.133. The number of aromatic nitrogens is 2. The molecule has 1 aliphatic heterocycles. The van der Waals surface area contributed by atoms with E-state index in [0.29, 0.717) is 25.9 Å². The molecule has 0 saturated heterocycles. The summed E-state index contributed by atoms with van der Waals surface area (Å²) in [6.07, 6.45) is 3.94. The van der Waals surface area contributed by atoms with Crippen LogP contribution in [0.2, 0.25) is 0 Å². The number of hydrogen-bond acceptors (Lipinski definition) is 4. The predicted octanol–water partition coefficient (Wildman–Crippen LogP) is -0.0568. The summed E-state index contributed by atoms with van der Waals surface area (Å²) in [5, 5.41) is 4.22. The molecule has 0 spiro atoms. The Morgan fingerprint density at radius 1 is 1.55 bits per heavy atom. The quantitative estimate of drug-likeness (QED) is 0.844. The number of nitrogens with one attached hydrogen (secondary N) is 1. The van der Waals surface area contributed by atoms with E-state index in [2.05, 4.69) is 9.82 Å². The molecule has 1 aromatic heterocycles. The van der Waals surface area contributed by atoms with Gasteiger partial charge >= 0.3 is 0 Å². The Balaban J connectivity index is 2.16. The Bertz CT molecular complexity index is 581. The molecule has 1 aromatic rings. The first-order chi connectivity index (χ1) is 9.40. The van der Waals surface area contributed by atoms with Crippen molar-refractivity contribution in [2.24, 2.45) is 0 Å². The summed E-state index contributed by atoms with van der Waals surface area (Å²) in [5.74, 6) is 0.0277. The van der Waals surface area contributed by atoms with Crippen molar-refractivity contribution >= 4 is 15.9 Å². The van der Waals surface area contributed by atoms with Gasteiger partial charge in [-0.15, -0.1) is 0 Å². The average molecular weight is 300 g/mol. The highest BCUT2D eigenvalue weighted by Crippen LogP contribution is 2.18. The zero-order valence-electron chi connectivity index (χ0n) is 11.7. The van der Waals surface area contributed by atoms with Gasteiger partial charge in [0.15, 0.2) is 0 Å². The first kappa shape index (κ1) is 15.0. The second-order valence-electron chi connectivity index (χ2n) is 4.98. The van der Waals surface area contributed by atoms with E-state index in [0.717, 1.165) is 11.9 Å². The Kier molecular flexibility index (Phi) is 4.44. The fraction of sp³-hybridized carbons (Fsp3) is 0.667. The zero-order valence-corrected chi connectivity index (χ0v) is 12.6. The molecule has 2 rings (SSSR count). The minimum atomic E-state index is -3.26. The molecule has 7 nitrogen and oxygen atoms in total. The lowest BCUT2D eigenvalue weighted by atomic mass is 10.1. The maximum absolute atomic E-state index is 12.1. The third-order valence-corrected chi connectivity index (χ3v) is 4.15. The van der Waals surface area contributed by atoms with Gasteiger partial charge in [0.1, 0.15) is 0 Å². The number of sulfonamides is 1. The first-order valence-corrected chi connectivity index (χ1v) is 8.54. The molecule has 0 aliphatic carbocycles. The molecular formula is C12H20N4O3S. The van der Waals surface area contributed by atoms with Crippen LogP contribution >= 0.6 is 0 Å². The fourth-order valence-corrected chi connectivity index (χ4v) is 2.88. The summed E-state index contributed by atoms with van der Waals surface area (Å²) in [4.78, 5) is 13.9. The van der Waals surface area contributed by atoms with Crippen LogP contribution < -0.4 is 4.72 Å². The number of rotatable bonds is 4. The van der Waals surface area contributed by atoms with Crippen LogP contribution in [0.1, 0.15) is 25.5 Å². The molecule has 1 atom stereocenters. The first-order valence-electron chi connectivity index (χ1n) is 6.65. The van der Waals surface area contributed by atoms with E-state index >= 15 is 0 Å². The topological polar surface area (TPSA) is 84.3 Å². The highest BCUT2D eigenvalue weighted by atomic mass is 32.2. The molecule has 20 heavy (non-hydrogen) atoms. The van der Waals surface area contributed by atoms with Crippen LogP contribution in [0, 0.1) is 0 Å². The lowest BCUT2D eigenvalue weighted by Crippen LogP contribution is -2.45. The highest BCUT2D eigenvalue weighted by Gasteiger charge is 2.27. The highest BCUT2D eigenvalue weighted by molar-refractivity contribution is 7.88. The fourth-order valence-electron chi connectivity index (χ4n) is 2.38. The van der Waals surface area contributed by atoms with Crippen molar-refractivity contribution in [3.8, 4) is 0 Å². The van der Waals surface area contributed by atoms with Crippen molar-refractivity contribution in [3.63, 3.8) is 0 Å². The van der Waals surface area contributed by atoms with Gasteiger partial charge in [0.25, 0.3) is 0 Å². The average Bonchev–Trinajstić information content (AvgIpc) is 2.75. The standard InChI is InChI=1S/C12H20N4O3S/c1-3-12(17)15-9-11-4-6-13-16(11)7-5-10(15)8-14-20(2,18)19/h4,6,10,14H,3,5,7-9H2,1-2H3. The van der Waals surface area contributed by atoms with Crippen LogP contribution in [0.5, 0.6) is 0 Å². The molecule has 0 aromatic carbocycles. The van der Waals surface area contributed by atoms with Crippen molar-refractivity contribution in [3.05, 3.63) is 18.0 Å². The Hall–Kier alpha value is -1.41. The van der Waals surface area contributed by atoms with E-state index in [1.54, 1.807) is 11.1 Å². The van der Waals surface area contributed by atoms with Crippen LogP contribution in [0.15, 0.2) is 12.3 Å². The number of hydrogen-bond donors (Lipinski definition) is 1.